The van der Waals surface area contributed by atoms with Gasteiger partial charge in [-0.25, -0.2) is 0 Å². The number of carbonyl (C=O) groups is 1. The molecule has 0 heterocycles. The number of anilines is 1. The summed E-state index contributed by atoms with van der Waals surface area (Å²) in [5.41, 5.74) is 2.02. The third kappa shape index (κ3) is 3.98. The van der Waals surface area contributed by atoms with Gasteiger partial charge < -0.3 is 10.1 Å². The molecule has 4 nitrogen and oxygen atoms in total. The Morgan fingerprint density at radius 2 is 2.00 bits per heavy atom. The summed E-state index contributed by atoms with van der Waals surface area (Å²) in [5.74, 6) is 0.261. The lowest BCUT2D eigenvalue weighted by Crippen LogP contribution is -2.20. The van der Waals surface area contributed by atoms with Crippen LogP contribution in [0.2, 0.25) is 5.02 Å². The number of rotatable bonds is 4. The highest BCUT2D eigenvalue weighted by molar-refractivity contribution is 6.31. The average Bonchev–Trinajstić information content (AvgIpc) is 2.50. The van der Waals surface area contributed by atoms with E-state index in [1.165, 1.54) is 0 Å². The van der Waals surface area contributed by atoms with E-state index in [-0.39, 0.29) is 12.5 Å². The van der Waals surface area contributed by atoms with Crippen LogP contribution in [0.5, 0.6) is 5.75 Å². The number of nitrogens with zero attached hydrogens (tertiary/aromatic N) is 1. The van der Waals surface area contributed by atoms with Crippen LogP contribution in [0.25, 0.3) is 0 Å². The molecule has 1 amide bonds. The van der Waals surface area contributed by atoms with Crippen LogP contribution >= 0.6 is 11.6 Å². The first kappa shape index (κ1) is 14.9. The third-order valence-electron chi connectivity index (χ3n) is 2.90. The van der Waals surface area contributed by atoms with Crippen molar-refractivity contribution >= 4 is 23.2 Å². The van der Waals surface area contributed by atoms with Crippen molar-refractivity contribution in [3.63, 3.8) is 0 Å². The molecule has 0 aliphatic rings. The van der Waals surface area contributed by atoms with Crippen molar-refractivity contribution in [2.75, 3.05) is 11.9 Å². The Morgan fingerprint density at radius 3 is 2.67 bits per heavy atom. The Labute approximate surface area is 127 Å². The van der Waals surface area contributed by atoms with E-state index in [9.17, 15) is 4.79 Å². The van der Waals surface area contributed by atoms with Crippen molar-refractivity contribution in [3.8, 4) is 11.8 Å². The standard InChI is InChI=1S/C16H13ClN2O2/c1-11-14(17)3-2-4-15(11)19-16(20)10-21-13-7-5-12(9-18)6-8-13/h2-8H,10H2,1H3,(H,19,20). The lowest BCUT2D eigenvalue weighted by molar-refractivity contribution is -0.118. The number of halogens is 1. The maximum Gasteiger partial charge on any atom is 0.262 e. The lowest BCUT2D eigenvalue weighted by Gasteiger charge is -2.10. The number of hydrogen-bond donors (Lipinski definition) is 1. The molecule has 2 rings (SSSR count). The van der Waals surface area contributed by atoms with Crippen LogP contribution in [0.3, 0.4) is 0 Å². The Kier molecular flexibility index (Phi) is 4.81. The molecule has 106 valence electrons. The van der Waals surface area contributed by atoms with Gasteiger partial charge >= 0.3 is 0 Å². The first-order valence-corrected chi connectivity index (χ1v) is 6.66. The highest BCUT2D eigenvalue weighted by Crippen LogP contribution is 2.22. The van der Waals surface area contributed by atoms with Crippen molar-refractivity contribution < 1.29 is 9.53 Å². The molecule has 1 N–H and O–H groups in total. The van der Waals surface area contributed by atoms with Crippen LogP contribution in [0.4, 0.5) is 5.69 Å². The van der Waals surface area contributed by atoms with Gasteiger partial charge in [0.25, 0.3) is 5.91 Å². The van der Waals surface area contributed by atoms with E-state index in [0.717, 1.165) is 5.56 Å². The second kappa shape index (κ2) is 6.78. The number of ether oxygens (including phenoxy) is 1. The first-order chi connectivity index (χ1) is 10.1. The Balaban J connectivity index is 1.93. The molecule has 0 saturated heterocycles. The number of carbonyl (C=O) groups excluding carboxylic acids is 1. The molecular weight excluding hydrogens is 288 g/mol. The third-order valence-corrected chi connectivity index (χ3v) is 3.30. The van der Waals surface area contributed by atoms with Gasteiger partial charge in [-0.05, 0) is 48.9 Å². The normalized spacial score (nSPS) is 9.76. The maximum atomic E-state index is 11.8. The highest BCUT2D eigenvalue weighted by Gasteiger charge is 2.07. The van der Waals surface area contributed by atoms with Gasteiger partial charge in [-0.2, -0.15) is 5.26 Å². The topological polar surface area (TPSA) is 62.1 Å². The Bertz CT molecular complexity index is 690. The molecule has 0 aliphatic carbocycles. The van der Waals surface area contributed by atoms with Gasteiger partial charge in [0.1, 0.15) is 5.75 Å². The molecule has 0 spiro atoms. The van der Waals surface area contributed by atoms with Crippen LogP contribution in [-0.4, -0.2) is 12.5 Å². The summed E-state index contributed by atoms with van der Waals surface area (Å²) in [6, 6.07) is 13.9. The number of hydrogen-bond acceptors (Lipinski definition) is 3. The summed E-state index contributed by atoms with van der Waals surface area (Å²) in [7, 11) is 0. The zero-order valence-corrected chi connectivity index (χ0v) is 12.1. The van der Waals surface area contributed by atoms with Crippen LogP contribution in [0.15, 0.2) is 42.5 Å². The quantitative estimate of drug-likeness (QED) is 0.939. The number of amides is 1. The van der Waals surface area contributed by atoms with E-state index in [1.807, 2.05) is 13.0 Å². The summed E-state index contributed by atoms with van der Waals surface area (Å²) in [6.45, 7) is 1.72. The molecule has 0 bridgehead atoms. The fraction of sp³-hybridized carbons (Fsp3) is 0.125. The van der Waals surface area contributed by atoms with Gasteiger partial charge in [0.15, 0.2) is 6.61 Å². The van der Waals surface area contributed by atoms with Crippen molar-refractivity contribution in [1.29, 1.82) is 5.26 Å². The van der Waals surface area contributed by atoms with Gasteiger partial charge in [-0.1, -0.05) is 17.7 Å². The van der Waals surface area contributed by atoms with Crippen LogP contribution in [0, 0.1) is 18.3 Å². The van der Waals surface area contributed by atoms with E-state index in [4.69, 9.17) is 21.6 Å². The molecule has 2 aromatic carbocycles. The van der Waals surface area contributed by atoms with Crippen LogP contribution < -0.4 is 10.1 Å². The van der Waals surface area contributed by atoms with E-state index >= 15 is 0 Å². The van der Waals surface area contributed by atoms with Gasteiger partial charge in [0.05, 0.1) is 11.6 Å². The predicted molar refractivity (Wildman–Crippen MR) is 81.5 cm³/mol. The molecule has 0 aromatic heterocycles. The second-order valence-electron chi connectivity index (χ2n) is 4.39. The molecule has 0 aliphatic heterocycles. The van der Waals surface area contributed by atoms with E-state index < -0.39 is 0 Å². The molecule has 21 heavy (non-hydrogen) atoms. The summed E-state index contributed by atoms with van der Waals surface area (Å²) < 4.78 is 5.36. The molecule has 0 fully saturated rings. The second-order valence-corrected chi connectivity index (χ2v) is 4.79. The fourth-order valence-electron chi connectivity index (χ4n) is 1.70. The minimum Gasteiger partial charge on any atom is -0.484 e. The van der Waals surface area contributed by atoms with Crippen LogP contribution in [0.1, 0.15) is 11.1 Å². The van der Waals surface area contributed by atoms with Gasteiger partial charge in [-0.15, -0.1) is 0 Å². The molecule has 5 heteroatoms. The molecule has 0 radical (unpaired) electrons. The predicted octanol–water partition coefficient (Wildman–Crippen LogP) is 3.54. The van der Waals surface area contributed by atoms with E-state index in [2.05, 4.69) is 5.32 Å². The summed E-state index contributed by atoms with van der Waals surface area (Å²) in [6.07, 6.45) is 0. The summed E-state index contributed by atoms with van der Waals surface area (Å²) in [4.78, 5) is 11.8. The summed E-state index contributed by atoms with van der Waals surface area (Å²) in [5, 5.41) is 12.0. The number of benzene rings is 2. The molecule has 0 unspecified atom stereocenters. The molecule has 0 atom stereocenters. The maximum absolute atomic E-state index is 11.8. The smallest absolute Gasteiger partial charge is 0.262 e. The van der Waals surface area contributed by atoms with E-state index in [1.54, 1.807) is 42.5 Å². The zero-order chi connectivity index (χ0) is 15.2. The minimum absolute atomic E-state index is 0.113. The largest absolute Gasteiger partial charge is 0.484 e. The van der Waals surface area contributed by atoms with Crippen LogP contribution in [-0.2, 0) is 4.79 Å². The Hall–Kier alpha value is -2.51. The number of nitrogens with one attached hydrogen (secondary N) is 1. The highest BCUT2D eigenvalue weighted by atomic mass is 35.5. The molecule has 2 aromatic rings. The van der Waals surface area contributed by atoms with Gasteiger partial charge in [-0.3, -0.25) is 4.79 Å². The molecule has 0 saturated carbocycles. The monoisotopic (exact) mass is 300 g/mol. The van der Waals surface area contributed by atoms with Crippen molar-refractivity contribution in [3.05, 3.63) is 58.6 Å². The first-order valence-electron chi connectivity index (χ1n) is 6.28. The van der Waals surface area contributed by atoms with Gasteiger partial charge in [0, 0.05) is 10.7 Å². The fourth-order valence-corrected chi connectivity index (χ4v) is 1.88. The SMILES string of the molecule is Cc1c(Cl)cccc1NC(=O)COc1ccc(C#N)cc1. The minimum atomic E-state index is -0.273. The lowest BCUT2D eigenvalue weighted by atomic mass is 10.2. The molecular formula is C16H13ClN2O2. The van der Waals surface area contributed by atoms with Crippen molar-refractivity contribution in [1.82, 2.24) is 0 Å². The zero-order valence-electron chi connectivity index (χ0n) is 11.4. The van der Waals surface area contributed by atoms with Crippen molar-refractivity contribution in [2.24, 2.45) is 0 Å². The van der Waals surface area contributed by atoms with Crippen molar-refractivity contribution in [2.45, 2.75) is 6.92 Å². The Morgan fingerprint density at radius 1 is 1.29 bits per heavy atom. The number of nitriles is 1. The van der Waals surface area contributed by atoms with E-state index in [0.29, 0.717) is 22.0 Å². The summed E-state index contributed by atoms with van der Waals surface area (Å²) >= 11 is 5.99. The van der Waals surface area contributed by atoms with Gasteiger partial charge in [0.2, 0.25) is 0 Å². The average molecular weight is 301 g/mol.